The number of aryl methyl sites for hydroxylation is 1. The van der Waals surface area contributed by atoms with Gasteiger partial charge < -0.3 is 19.9 Å². The number of nitrogens with zero attached hydrogens (tertiary/aromatic N) is 3. The SMILES string of the molecule is O=C(NC(Cc1ccccc1)C(=O)Nc1cccc(-c2nnc3n2CCCCC3)c1)OCc1ccccc1. The van der Waals surface area contributed by atoms with Crippen LogP contribution in [0.15, 0.2) is 84.9 Å². The predicted molar refractivity (Wildman–Crippen MR) is 145 cm³/mol. The second kappa shape index (κ2) is 12.2. The van der Waals surface area contributed by atoms with Gasteiger partial charge in [-0.2, -0.15) is 0 Å². The average molecular weight is 510 g/mol. The fraction of sp³-hybridized carbons (Fsp3) is 0.267. The molecule has 0 spiro atoms. The summed E-state index contributed by atoms with van der Waals surface area (Å²) < 4.78 is 7.56. The van der Waals surface area contributed by atoms with Crippen molar-refractivity contribution in [2.24, 2.45) is 0 Å². The molecular weight excluding hydrogens is 478 g/mol. The number of benzene rings is 3. The number of carbonyl (C=O) groups excluding carboxylic acids is 2. The largest absolute Gasteiger partial charge is 0.445 e. The molecule has 8 heteroatoms. The number of anilines is 1. The molecule has 1 atom stereocenters. The number of alkyl carbamates (subject to hydrolysis) is 1. The Labute approximate surface area is 222 Å². The molecule has 8 nitrogen and oxygen atoms in total. The van der Waals surface area contributed by atoms with Crippen molar-refractivity contribution >= 4 is 17.7 Å². The number of rotatable bonds is 8. The molecule has 2 heterocycles. The standard InChI is InChI=1S/C30H31N5O3/c36-29(31-25-16-10-15-24(20-25)28-34-33-27-17-8-3-9-18-35(27)28)26(19-22-11-4-1-5-12-22)32-30(37)38-21-23-13-6-2-7-14-23/h1-2,4-7,10-16,20,26H,3,8-9,17-19,21H2,(H,31,36)(H,32,37). The van der Waals surface area contributed by atoms with Crippen molar-refractivity contribution in [2.75, 3.05) is 5.32 Å². The highest BCUT2D eigenvalue weighted by Crippen LogP contribution is 2.25. The normalized spacial score (nSPS) is 13.6. The number of hydrogen-bond acceptors (Lipinski definition) is 5. The summed E-state index contributed by atoms with van der Waals surface area (Å²) in [5.41, 5.74) is 3.31. The van der Waals surface area contributed by atoms with Gasteiger partial charge in [0.1, 0.15) is 18.5 Å². The van der Waals surface area contributed by atoms with Crippen LogP contribution in [0.4, 0.5) is 10.5 Å². The number of hydrogen-bond donors (Lipinski definition) is 2. The lowest BCUT2D eigenvalue weighted by Crippen LogP contribution is -2.45. The van der Waals surface area contributed by atoms with E-state index >= 15 is 0 Å². The van der Waals surface area contributed by atoms with Gasteiger partial charge in [-0.25, -0.2) is 4.79 Å². The summed E-state index contributed by atoms with van der Waals surface area (Å²) in [5, 5.41) is 14.5. The highest BCUT2D eigenvalue weighted by atomic mass is 16.5. The number of nitrogens with one attached hydrogen (secondary N) is 2. The minimum Gasteiger partial charge on any atom is -0.445 e. The van der Waals surface area contributed by atoms with Crippen LogP contribution >= 0.6 is 0 Å². The molecule has 0 saturated heterocycles. The van der Waals surface area contributed by atoms with E-state index in [1.165, 1.54) is 6.42 Å². The van der Waals surface area contributed by atoms with E-state index in [2.05, 4.69) is 25.4 Å². The smallest absolute Gasteiger partial charge is 0.408 e. The second-order valence-corrected chi connectivity index (χ2v) is 9.42. The first kappa shape index (κ1) is 25.2. The summed E-state index contributed by atoms with van der Waals surface area (Å²) in [6.45, 7) is 1.01. The van der Waals surface area contributed by atoms with Crippen molar-refractivity contribution in [3.05, 3.63) is 102 Å². The van der Waals surface area contributed by atoms with Crippen molar-refractivity contribution in [3.8, 4) is 11.4 Å². The zero-order chi connectivity index (χ0) is 26.2. The Balaban J connectivity index is 1.30. The first-order valence-electron chi connectivity index (χ1n) is 13.0. The molecule has 2 amide bonds. The van der Waals surface area contributed by atoms with Crippen LogP contribution in [0.2, 0.25) is 0 Å². The van der Waals surface area contributed by atoms with E-state index in [4.69, 9.17) is 4.74 Å². The molecule has 0 saturated carbocycles. The molecule has 0 fully saturated rings. The summed E-state index contributed by atoms with van der Waals surface area (Å²) in [6.07, 6.45) is 4.01. The van der Waals surface area contributed by atoms with Crippen LogP contribution in [0.25, 0.3) is 11.4 Å². The maximum absolute atomic E-state index is 13.4. The van der Waals surface area contributed by atoms with E-state index in [0.29, 0.717) is 12.1 Å². The second-order valence-electron chi connectivity index (χ2n) is 9.42. The van der Waals surface area contributed by atoms with Gasteiger partial charge in [-0.05, 0) is 36.1 Å². The van der Waals surface area contributed by atoms with Crippen molar-refractivity contribution in [1.29, 1.82) is 0 Å². The van der Waals surface area contributed by atoms with Crippen molar-refractivity contribution in [1.82, 2.24) is 20.1 Å². The van der Waals surface area contributed by atoms with Crippen LogP contribution in [0.1, 0.15) is 36.2 Å². The minimum absolute atomic E-state index is 0.122. The third kappa shape index (κ3) is 6.45. The first-order valence-corrected chi connectivity index (χ1v) is 13.0. The summed E-state index contributed by atoms with van der Waals surface area (Å²) >= 11 is 0. The van der Waals surface area contributed by atoms with E-state index in [0.717, 1.165) is 54.1 Å². The Morgan fingerprint density at radius 1 is 0.868 bits per heavy atom. The molecule has 1 unspecified atom stereocenters. The molecule has 0 bridgehead atoms. The third-order valence-corrected chi connectivity index (χ3v) is 6.60. The van der Waals surface area contributed by atoms with Gasteiger partial charge in [-0.1, -0.05) is 79.2 Å². The van der Waals surface area contributed by atoms with Crippen LogP contribution in [-0.4, -0.2) is 32.8 Å². The first-order chi connectivity index (χ1) is 18.7. The van der Waals surface area contributed by atoms with Gasteiger partial charge in [0.05, 0.1) is 0 Å². The molecule has 38 heavy (non-hydrogen) atoms. The number of carbonyl (C=O) groups is 2. The minimum atomic E-state index is -0.825. The maximum Gasteiger partial charge on any atom is 0.408 e. The van der Waals surface area contributed by atoms with Gasteiger partial charge in [0.2, 0.25) is 5.91 Å². The molecule has 2 N–H and O–H groups in total. The van der Waals surface area contributed by atoms with Gasteiger partial charge in [0.25, 0.3) is 0 Å². The topological polar surface area (TPSA) is 98.1 Å². The lowest BCUT2D eigenvalue weighted by molar-refractivity contribution is -0.118. The highest BCUT2D eigenvalue weighted by molar-refractivity contribution is 5.97. The van der Waals surface area contributed by atoms with Gasteiger partial charge in [-0.15, -0.1) is 10.2 Å². The Morgan fingerprint density at radius 2 is 1.63 bits per heavy atom. The summed E-state index contributed by atoms with van der Waals surface area (Å²) in [7, 11) is 0. The van der Waals surface area contributed by atoms with E-state index in [1.807, 2.05) is 84.9 Å². The molecule has 194 valence electrons. The summed E-state index contributed by atoms with van der Waals surface area (Å²) in [6, 6.07) is 25.8. The van der Waals surface area contributed by atoms with Gasteiger partial charge in [-0.3, -0.25) is 4.79 Å². The van der Waals surface area contributed by atoms with Crippen LogP contribution in [-0.2, 0) is 35.5 Å². The predicted octanol–water partition coefficient (Wildman–Crippen LogP) is 5.15. The molecule has 0 radical (unpaired) electrons. The Bertz CT molecular complexity index is 1370. The quantitative estimate of drug-likeness (QED) is 0.342. The highest BCUT2D eigenvalue weighted by Gasteiger charge is 2.23. The van der Waals surface area contributed by atoms with Gasteiger partial charge in [0.15, 0.2) is 5.82 Å². The van der Waals surface area contributed by atoms with Gasteiger partial charge >= 0.3 is 6.09 Å². The number of amides is 2. The van der Waals surface area contributed by atoms with E-state index in [9.17, 15) is 9.59 Å². The molecule has 1 aliphatic rings. The van der Waals surface area contributed by atoms with E-state index < -0.39 is 12.1 Å². The van der Waals surface area contributed by atoms with E-state index in [1.54, 1.807) is 0 Å². The van der Waals surface area contributed by atoms with Crippen LogP contribution in [0.5, 0.6) is 0 Å². The molecule has 5 rings (SSSR count). The number of fused-ring (bicyclic) bond motifs is 1. The Kier molecular flexibility index (Phi) is 8.08. The molecule has 3 aromatic carbocycles. The molecule has 0 aliphatic carbocycles. The van der Waals surface area contributed by atoms with Crippen LogP contribution < -0.4 is 10.6 Å². The van der Waals surface area contributed by atoms with Crippen LogP contribution in [0, 0.1) is 0 Å². The lowest BCUT2D eigenvalue weighted by atomic mass is 10.1. The van der Waals surface area contributed by atoms with Gasteiger partial charge in [0, 0.05) is 30.6 Å². The zero-order valence-corrected chi connectivity index (χ0v) is 21.2. The van der Waals surface area contributed by atoms with Crippen molar-refractivity contribution < 1.29 is 14.3 Å². The summed E-state index contributed by atoms with van der Waals surface area (Å²) in [5.74, 6) is 1.48. The summed E-state index contributed by atoms with van der Waals surface area (Å²) in [4.78, 5) is 26.0. The maximum atomic E-state index is 13.4. The third-order valence-electron chi connectivity index (χ3n) is 6.60. The molecule has 4 aromatic rings. The fourth-order valence-electron chi connectivity index (χ4n) is 4.63. The van der Waals surface area contributed by atoms with Crippen LogP contribution in [0.3, 0.4) is 0 Å². The molecule has 1 aromatic heterocycles. The van der Waals surface area contributed by atoms with Crippen molar-refractivity contribution in [3.63, 3.8) is 0 Å². The van der Waals surface area contributed by atoms with Crippen molar-refractivity contribution in [2.45, 2.75) is 51.3 Å². The molecule has 1 aliphatic heterocycles. The zero-order valence-electron chi connectivity index (χ0n) is 21.2. The average Bonchev–Trinajstić information content (AvgIpc) is 3.21. The number of ether oxygens (including phenoxy) is 1. The Morgan fingerprint density at radius 3 is 2.42 bits per heavy atom. The lowest BCUT2D eigenvalue weighted by Gasteiger charge is -2.19. The molecular formula is C30H31N5O3. The fourth-order valence-corrected chi connectivity index (χ4v) is 4.63. The monoisotopic (exact) mass is 509 g/mol. The van der Waals surface area contributed by atoms with E-state index in [-0.39, 0.29) is 12.5 Å². The Hall–Kier alpha value is -4.46. The number of aromatic nitrogens is 3.